The van der Waals surface area contributed by atoms with Gasteiger partial charge in [0.2, 0.25) is 0 Å². The SMILES string of the molecule is CCCC1C(C(=O)Nc2cc(Cl)ccc2Cl)=C(C)NC2=C1C(=O)CCC2. The predicted molar refractivity (Wildman–Crippen MR) is 105 cm³/mol. The van der Waals surface area contributed by atoms with Gasteiger partial charge < -0.3 is 10.6 Å². The van der Waals surface area contributed by atoms with E-state index in [-0.39, 0.29) is 17.6 Å². The summed E-state index contributed by atoms with van der Waals surface area (Å²) in [5, 5.41) is 7.08. The molecule has 6 heteroatoms. The number of rotatable bonds is 4. The van der Waals surface area contributed by atoms with Gasteiger partial charge in [0.25, 0.3) is 5.91 Å². The predicted octanol–water partition coefficient (Wildman–Crippen LogP) is 5.23. The van der Waals surface area contributed by atoms with Crippen molar-refractivity contribution in [3.8, 4) is 0 Å². The Kier molecular flexibility index (Phi) is 5.73. The maximum absolute atomic E-state index is 13.1. The fraction of sp³-hybridized carbons (Fsp3) is 0.400. The molecule has 1 atom stereocenters. The first-order chi connectivity index (χ1) is 12.4. The highest BCUT2D eigenvalue weighted by atomic mass is 35.5. The first kappa shape index (κ1) is 19.0. The molecule has 26 heavy (non-hydrogen) atoms. The molecule has 138 valence electrons. The van der Waals surface area contributed by atoms with Crippen molar-refractivity contribution < 1.29 is 9.59 Å². The molecule has 0 saturated carbocycles. The third-order valence-corrected chi connectivity index (χ3v) is 5.46. The number of amides is 1. The van der Waals surface area contributed by atoms with E-state index in [1.165, 1.54) is 0 Å². The number of carbonyl (C=O) groups excluding carboxylic acids is 2. The van der Waals surface area contributed by atoms with E-state index >= 15 is 0 Å². The number of hydrogen-bond acceptors (Lipinski definition) is 3. The van der Waals surface area contributed by atoms with Crippen LogP contribution in [0.2, 0.25) is 10.0 Å². The third kappa shape index (κ3) is 3.67. The lowest BCUT2D eigenvalue weighted by Crippen LogP contribution is -2.36. The summed E-state index contributed by atoms with van der Waals surface area (Å²) in [5.41, 5.74) is 3.64. The fourth-order valence-corrected chi connectivity index (χ4v) is 4.12. The highest BCUT2D eigenvalue weighted by molar-refractivity contribution is 6.36. The van der Waals surface area contributed by atoms with Crippen molar-refractivity contribution in [1.82, 2.24) is 5.32 Å². The molecule has 3 rings (SSSR count). The van der Waals surface area contributed by atoms with E-state index in [0.717, 1.165) is 42.7 Å². The topological polar surface area (TPSA) is 58.2 Å². The number of ketones is 1. The second-order valence-electron chi connectivity index (χ2n) is 6.75. The van der Waals surface area contributed by atoms with Gasteiger partial charge in [0.05, 0.1) is 10.7 Å². The van der Waals surface area contributed by atoms with Gasteiger partial charge in [-0.3, -0.25) is 9.59 Å². The number of carbonyl (C=O) groups is 2. The van der Waals surface area contributed by atoms with Gasteiger partial charge in [-0.2, -0.15) is 0 Å². The molecule has 4 nitrogen and oxygen atoms in total. The zero-order valence-electron chi connectivity index (χ0n) is 14.9. The standard InChI is InChI=1S/C20H22Cl2N2O2/c1-3-5-13-18(11(2)23-15-6-4-7-17(25)19(13)15)20(26)24-16-10-12(21)8-9-14(16)22/h8-10,13,23H,3-7H2,1-2H3,(H,24,26). The number of dihydropyridines is 1. The van der Waals surface area contributed by atoms with Gasteiger partial charge in [0.1, 0.15) is 0 Å². The van der Waals surface area contributed by atoms with Gasteiger partial charge in [-0.05, 0) is 44.4 Å². The van der Waals surface area contributed by atoms with Gasteiger partial charge in [-0.25, -0.2) is 0 Å². The van der Waals surface area contributed by atoms with Gasteiger partial charge >= 0.3 is 0 Å². The monoisotopic (exact) mass is 392 g/mol. The average Bonchev–Trinajstić information content (AvgIpc) is 2.58. The van der Waals surface area contributed by atoms with Crippen molar-refractivity contribution in [2.24, 2.45) is 5.92 Å². The third-order valence-electron chi connectivity index (χ3n) is 4.89. The molecule has 0 radical (unpaired) electrons. The molecule has 1 aromatic carbocycles. The van der Waals surface area contributed by atoms with Gasteiger partial charge in [0.15, 0.2) is 5.78 Å². The molecule has 1 aromatic rings. The number of anilines is 1. The van der Waals surface area contributed by atoms with E-state index < -0.39 is 0 Å². The molecular weight excluding hydrogens is 371 g/mol. The largest absolute Gasteiger partial charge is 0.362 e. The summed E-state index contributed by atoms with van der Waals surface area (Å²) in [6.45, 7) is 3.95. The summed E-state index contributed by atoms with van der Waals surface area (Å²) in [7, 11) is 0. The molecule has 1 aliphatic heterocycles. The Morgan fingerprint density at radius 3 is 2.81 bits per heavy atom. The molecule has 0 aromatic heterocycles. The van der Waals surface area contributed by atoms with Crippen LogP contribution in [0.4, 0.5) is 5.69 Å². The van der Waals surface area contributed by atoms with E-state index in [0.29, 0.717) is 27.7 Å². The van der Waals surface area contributed by atoms with Crippen molar-refractivity contribution in [3.63, 3.8) is 0 Å². The molecular formula is C20H22Cl2N2O2. The van der Waals surface area contributed by atoms with Crippen LogP contribution in [-0.4, -0.2) is 11.7 Å². The number of halogens is 2. The molecule has 2 N–H and O–H groups in total. The smallest absolute Gasteiger partial charge is 0.254 e. The Morgan fingerprint density at radius 1 is 1.31 bits per heavy atom. The molecule has 0 saturated heterocycles. The van der Waals surface area contributed by atoms with Gasteiger partial charge in [0, 0.05) is 39.9 Å². The Hall–Kier alpha value is -1.78. The summed E-state index contributed by atoms with van der Waals surface area (Å²) in [6, 6.07) is 4.94. The molecule has 1 aliphatic carbocycles. The Labute approximate surface area is 163 Å². The van der Waals surface area contributed by atoms with Crippen molar-refractivity contribution in [2.45, 2.75) is 46.0 Å². The first-order valence-corrected chi connectivity index (χ1v) is 9.68. The number of nitrogens with one attached hydrogen (secondary N) is 2. The van der Waals surface area contributed by atoms with Crippen LogP contribution in [0.3, 0.4) is 0 Å². The second-order valence-corrected chi connectivity index (χ2v) is 7.60. The lowest BCUT2D eigenvalue weighted by Gasteiger charge is -2.34. The first-order valence-electron chi connectivity index (χ1n) is 8.92. The summed E-state index contributed by atoms with van der Waals surface area (Å²) in [5.74, 6) is -0.277. The van der Waals surface area contributed by atoms with Gasteiger partial charge in [-0.15, -0.1) is 0 Å². The minimum absolute atomic E-state index is 0.149. The molecule has 1 unspecified atom stereocenters. The van der Waals surface area contributed by atoms with Crippen LogP contribution in [0.1, 0.15) is 46.0 Å². The van der Waals surface area contributed by atoms with E-state index in [9.17, 15) is 9.59 Å². The lowest BCUT2D eigenvalue weighted by atomic mass is 9.76. The second kappa shape index (κ2) is 7.85. The van der Waals surface area contributed by atoms with Crippen LogP contribution in [0, 0.1) is 5.92 Å². The molecule has 1 heterocycles. The van der Waals surface area contributed by atoms with Crippen LogP contribution >= 0.6 is 23.2 Å². The Balaban J connectivity index is 1.95. The highest BCUT2D eigenvalue weighted by Crippen LogP contribution is 2.39. The van der Waals surface area contributed by atoms with E-state index in [1.54, 1.807) is 18.2 Å². The zero-order chi connectivity index (χ0) is 18.8. The zero-order valence-corrected chi connectivity index (χ0v) is 16.4. The molecule has 1 amide bonds. The molecule has 0 fully saturated rings. The van der Waals surface area contributed by atoms with E-state index in [2.05, 4.69) is 17.6 Å². The summed E-state index contributed by atoms with van der Waals surface area (Å²) in [4.78, 5) is 25.6. The summed E-state index contributed by atoms with van der Waals surface area (Å²) in [6.07, 6.45) is 3.91. The van der Waals surface area contributed by atoms with Crippen molar-refractivity contribution in [1.29, 1.82) is 0 Å². The van der Waals surface area contributed by atoms with Crippen LogP contribution in [0.25, 0.3) is 0 Å². The highest BCUT2D eigenvalue weighted by Gasteiger charge is 2.36. The quantitative estimate of drug-likeness (QED) is 0.736. The minimum atomic E-state index is -0.248. The Morgan fingerprint density at radius 2 is 2.08 bits per heavy atom. The van der Waals surface area contributed by atoms with Crippen molar-refractivity contribution in [2.75, 3.05) is 5.32 Å². The van der Waals surface area contributed by atoms with Crippen LogP contribution in [0.15, 0.2) is 40.7 Å². The van der Waals surface area contributed by atoms with E-state index in [1.807, 2.05) is 6.92 Å². The summed E-state index contributed by atoms with van der Waals surface area (Å²) >= 11 is 12.2. The average molecular weight is 393 g/mol. The maximum atomic E-state index is 13.1. The van der Waals surface area contributed by atoms with Gasteiger partial charge in [-0.1, -0.05) is 36.5 Å². The van der Waals surface area contributed by atoms with Crippen LogP contribution in [-0.2, 0) is 9.59 Å². The fourth-order valence-electron chi connectivity index (χ4n) is 3.79. The maximum Gasteiger partial charge on any atom is 0.254 e. The Bertz CT molecular complexity index is 827. The van der Waals surface area contributed by atoms with Crippen molar-refractivity contribution >= 4 is 40.6 Å². The van der Waals surface area contributed by atoms with Crippen molar-refractivity contribution in [3.05, 3.63) is 50.8 Å². The van der Waals surface area contributed by atoms with E-state index in [4.69, 9.17) is 23.2 Å². The van der Waals surface area contributed by atoms with Crippen LogP contribution in [0.5, 0.6) is 0 Å². The normalized spacial score (nSPS) is 20.0. The lowest BCUT2D eigenvalue weighted by molar-refractivity contribution is -0.116. The number of Topliss-reactive ketones (excluding diaryl/α,β-unsaturated/α-hetero) is 1. The molecule has 0 spiro atoms. The summed E-state index contributed by atoms with van der Waals surface area (Å²) < 4.78 is 0. The number of benzene rings is 1. The minimum Gasteiger partial charge on any atom is -0.362 e. The number of hydrogen-bond donors (Lipinski definition) is 2. The number of allylic oxidation sites excluding steroid dienone is 3. The van der Waals surface area contributed by atoms with Crippen LogP contribution < -0.4 is 10.6 Å². The molecule has 0 bridgehead atoms. The molecule has 2 aliphatic rings.